The van der Waals surface area contributed by atoms with Gasteiger partial charge in [0.1, 0.15) is 6.04 Å². The maximum absolute atomic E-state index is 13.7. The Labute approximate surface area is 226 Å². The SMILES string of the molecule is CC(C)c1cccc(C(C)C)c1NC(=O)NC(Cn1ccnc1)C(=O)N1CCC(Cc2ccccc2)CC1. The fraction of sp³-hybridized carbons (Fsp3) is 0.452. The molecule has 7 heteroatoms. The molecule has 1 aliphatic heterocycles. The van der Waals surface area contributed by atoms with E-state index in [9.17, 15) is 9.59 Å². The van der Waals surface area contributed by atoms with Crippen molar-refractivity contribution in [2.45, 2.75) is 71.4 Å². The second-order valence-electron chi connectivity index (χ2n) is 11.0. The van der Waals surface area contributed by atoms with Crippen LogP contribution in [-0.4, -0.2) is 45.5 Å². The number of aromatic nitrogens is 2. The molecule has 1 saturated heterocycles. The second-order valence-corrected chi connectivity index (χ2v) is 11.0. The van der Waals surface area contributed by atoms with Gasteiger partial charge in [0.25, 0.3) is 0 Å². The Kier molecular flexibility index (Phi) is 9.21. The molecule has 202 valence electrons. The molecule has 3 amide bonds. The zero-order valence-electron chi connectivity index (χ0n) is 23.1. The predicted octanol–water partition coefficient (Wildman–Crippen LogP) is 5.80. The van der Waals surface area contributed by atoms with Crippen molar-refractivity contribution >= 4 is 17.6 Å². The quantitative estimate of drug-likeness (QED) is 0.378. The molecule has 1 fully saturated rings. The van der Waals surface area contributed by atoms with Crippen molar-refractivity contribution in [1.82, 2.24) is 19.8 Å². The molecule has 2 heterocycles. The van der Waals surface area contributed by atoms with Crippen LogP contribution in [0.2, 0.25) is 0 Å². The van der Waals surface area contributed by atoms with Crippen LogP contribution in [0.25, 0.3) is 0 Å². The van der Waals surface area contributed by atoms with Gasteiger partial charge in [0, 0.05) is 31.2 Å². The molecule has 0 aliphatic carbocycles. The van der Waals surface area contributed by atoms with Crippen molar-refractivity contribution in [3.05, 3.63) is 83.9 Å². The predicted molar refractivity (Wildman–Crippen MR) is 152 cm³/mol. The maximum Gasteiger partial charge on any atom is 0.319 e. The number of imidazole rings is 1. The summed E-state index contributed by atoms with van der Waals surface area (Å²) in [6.07, 6.45) is 8.14. The van der Waals surface area contributed by atoms with Gasteiger partial charge in [-0.3, -0.25) is 4.79 Å². The lowest BCUT2D eigenvalue weighted by molar-refractivity contribution is -0.134. The first-order chi connectivity index (χ1) is 18.3. The zero-order valence-corrected chi connectivity index (χ0v) is 23.1. The number of anilines is 1. The van der Waals surface area contributed by atoms with E-state index in [2.05, 4.69) is 79.7 Å². The van der Waals surface area contributed by atoms with E-state index in [0.29, 0.717) is 25.6 Å². The number of likely N-dealkylation sites (tertiary alicyclic amines) is 1. The fourth-order valence-corrected chi connectivity index (χ4v) is 5.32. The van der Waals surface area contributed by atoms with Crippen LogP contribution >= 0.6 is 0 Å². The maximum atomic E-state index is 13.7. The van der Waals surface area contributed by atoms with Gasteiger partial charge in [0.2, 0.25) is 5.91 Å². The molecule has 4 rings (SSSR count). The number of rotatable bonds is 9. The molecule has 7 nitrogen and oxygen atoms in total. The topological polar surface area (TPSA) is 79.3 Å². The van der Waals surface area contributed by atoms with Gasteiger partial charge in [0.15, 0.2) is 0 Å². The van der Waals surface area contributed by atoms with Crippen molar-refractivity contribution in [1.29, 1.82) is 0 Å². The van der Waals surface area contributed by atoms with Gasteiger partial charge in [-0.2, -0.15) is 0 Å². The number of nitrogens with zero attached hydrogens (tertiary/aromatic N) is 3. The van der Waals surface area contributed by atoms with E-state index in [0.717, 1.165) is 36.1 Å². The standard InChI is InChI=1S/C31H41N5O2/c1-22(2)26-11-8-12-27(23(3)4)29(26)34-31(38)33-28(20-35-18-15-32-21-35)30(37)36-16-13-25(14-17-36)19-24-9-6-5-7-10-24/h5-12,15,18,21-23,25,28H,13-14,16-17,19-20H2,1-4H3,(H2,33,34,38). The lowest BCUT2D eigenvalue weighted by Gasteiger charge is -2.34. The van der Waals surface area contributed by atoms with E-state index in [1.54, 1.807) is 12.5 Å². The van der Waals surface area contributed by atoms with Crippen molar-refractivity contribution in [3.63, 3.8) is 0 Å². The summed E-state index contributed by atoms with van der Waals surface area (Å²) in [5.74, 6) is 1.02. The molecular weight excluding hydrogens is 474 g/mol. The summed E-state index contributed by atoms with van der Waals surface area (Å²) in [7, 11) is 0. The van der Waals surface area contributed by atoms with Crippen molar-refractivity contribution in [3.8, 4) is 0 Å². The number of carbonyl (C=O) groups excluding carboxylic acids is 2. The average molecular weight is 516 g/mol. The van der Waals surface area contributed by atoms with Crippen molar-refractivity contribution < 1.29 is 9.59 Å². The smallest absolute Gasteiger partial charge is 0.319 e. The molecule has 38 heavy (non-hydrogen) atoms. The minimum atomic E-state index is -0.691. The number of nitrogens with one attached hydrogen (secondary N) is 2. The normalized spacial score (nSPS) is 15.1. The number of hydrogen-bond acceptors (Lipinski definition) is 3. The summed E-state index contributed by atoms with van der Waals surface area (Å²) >= 11 is 0. The van der Waals surface area contributed by atoms with Crippen LogP contribution in [0.15, 0.2) is 67.3 Å². The fourth-order valence-electron chi connectivity index (χ4n) is 5.32. The first-order valence-electron chi connectivity index (χ1n) is 13.8. The largest absolute Gasteiger partial charge is 0.341 e. The monoisotopic (exact) mass is 515 g/mol. The number of amides is 3. The Morgan fingerprint density at radius 3 is 2.18 bits per heavy atom. The van der Waals surface area contributed by atoms with E-state index in [1.165, 1.54) is 5.56 Å². The Morgan fingerprint density at radius 1 is 0.947 bits per heavy atom. The van der Waals surface area contributed by atoms with Gasteiger partial charge in [-0.05, 0) is 53.7 Å². The Balaban J connectivity index is 1.44. The molecule has 0 radical (unpaired) electrons. The third-order valence-electron chi connectivity index (χ3n) is 7.46. The Bertz CT molecular complexity index is 1160. The average Bonchev–Trinajstić information content (AvgIpc) is 3.42. The number of urea groups is 1. The summed E-state index contributed by atoms with van der Waals surface area (Å²) in [6.45, 7) is 10.2. The Morgan fingerprint density at radius 2 is 1.61 bits per heavy atom. The summed E-state index contributed by atoms with van der Waals surface area (Å²) in [5, 5.41) is 6.09. The molecular formula is C31H41N5O2. The van der Waals surface area contributed by atoms with Crippen LogP contribution in [0.5, 0.6) is 0 Å². The highest BCUT2D eigenvalue weighted by atomic mass is 16.2. The van der Waals surface area contributed by atoms with Crippen LogP contribution in [0.3, 0.4) is 0 Å². The van der Waals surface area contributed by atoms with E-state index < -0.39 is 6.04 Å². The molecule has 1 aliphatic rings. The highest BCUT2D eigenvalue weighted by molar-refractivity contribution is 5.95. The molecule has 1 aromatic heterocycles. The molecule has 0 bridgehead atoms. The van der Waals surface area contributed by atoms with Gasteiger partial charge >= 0.3 is 6.03 Å². The highest BCUT2D eigenvalue weighted by Gasteiger charge is 2.30. The molecule has 3 aromatic rings. The first kappa shape index (κ1) is 27.4. The van der Waals surface area contributed by atoms with Gasteiger partial charge < -0.3 is 20.1 Å². The minimum Gasteiger partial charge on any atom is -0.341 e. The van der Waals surface area contributed by atoms with E-state index in [1.807, 2.05) is 27.8 Å². The number of benzene rings is 2. The molecule has 2 aromatic carbocycles. The Hall–Kier alpha value is -3.61. The van der Waals surface area contributed by atoms with Crippen molar-refractivity contribution in [2.24, 2.45) is 5.92 Å². The number of para-hydroxylation sites is 1. The number of piperidine rings is 1. The summed E-state index contributed by atoms with van der Waals surface area (Å²) < 4.78 is 1.84. The summed E-state index contributed by atoms with van der Waals surface area (Å²) in [6, 6.07) is 15.6. The van der Waals surface area contributed by atoms with Gasteiger partial charge in [-0.1, -0.05) is 76.2 Å². The summed E-state index contributed by atoms with van der Waals surface area (Å²) in [5.41, 5.74) is 4.36. The third-order valence-corrected chi connectivity index (χ3v) is 7.46. The lowest BCUT2D eigenvalue weighted by Crippen LogP contribution is -2.53. The summed E-state index contributed by atoms with van der Waals surface area (Å²) in [4.78, 5) is 33.0. The number of carbonyl (C=O) groups is 2. The van der Waals surface area contributed by atoms with E-state index >= 15 is 0 Å². The minimum absolute atomic E-state index is 0.0479. The van der Waals surface area contributed by atoms with Crippen LogP contribution in [0.4, 0.5) is 10.5 Å². The van der Waals surface area contributed by atoms with Crippen LogP contribution in [-0.2, 0) is 17.8 Å². The zero-order chi connectivity index (χ0) is 27.1. The third kappa shape index (κ3) is 7.03. The van der Waals surface area contributed by atoms with E-state index in [-0.39, 0.29) is 23.8 Å². The molecule has 0 spiro atoms. The van der Waals surface area contributed by atoms with Gasteiger partial charge in [-0.15, -0.1) is 0 Å². The van der Waals surface area contributed by atoms with Crippen LogP contribution < -0.4 is 10.6 Å². The molecule has 0 saturated carbocycles. The molecule has 2 N–H and O–H groups in total. The molecule has 1 atom stereocenters. The molecule has 1 unspecified atom stereocenters. The highest BCUT2D eigenvalue weighted by Crippen LogP contribution is 2.32. The van der Waals surface area contributed by atoms with E-state index in [4.69, 9.17) is 0 Å². The second kappa shape index (κ2) is 12.8. The van der Waals surface area contributed by atoms with Crippen molar-refractivity contribution in [2.75, 3.05) is 18.4 Å². The van der Waals surface area contributed by atoms with Gasteiger partial charge in [-0.25, -0.2) is 9.78 Å². The van der Waals surface area contributed by atoms with Gasteiger partial charge in [0.05, 0.1) is 12.9 Å². The number of hydrogen-bond donors (Lipinski definition) is 2. The lowest BCUT2D eigenvalue weighted by atomic mass is 9.90. The van der Waals surface area contributed by atoms with Crippen LogP contribution in [0, 0.1) is 5.92 Å². The van der Waals surface area contributed by atoms with Crippen LogP contribution in [0.1, 0.15) is 69.1 Å². The first-order valence-corrected chi connectivity index (χ1v) is 13.8.